The first kappa shape index (κ1) is 15.1. The van der Waals surface area contributed by atoms with E-state index in [-0.39, 0.29) is 17.8 Å². The van der Waals surface area contributed by atoms with Crippen molar-refractivity contribution in [1.29, 1.82) is 0 Å². The minimum atomic E-state index is -1.30. The van der Waals surface area contributed by atoms with Gasteiger partial charge in [-0.2, -0.15) is 0 Å². The van der Waals surface area contributed by atoms with Gasteiger partial charge in [0.15, 0.2) is 0 Å². The number of halogens is 1. The number of rotatable bonds is 7. The van der Waals surface area contributed by atoms with Crippen molar-refractivity contribution in [3.63, 3.8) is 0 Å². The number of benzene rings is 1. The molecule has 0 radical (unpaired) electrons. The Labute approximate surface area is 109 Å². The number of carbonyl (C=O) groups is 2. The van der Waals surface area contributed by atoms with Crippen molar-refractivity contribution in [3.8, 4) is 0 Å². The lowest BCUT2D eigenvalue weighted by Gasteiger charge is -2.10. The summed E-state index contributed by atoms with van der Waals surface area (Å²) in [7, 11) is 1.53. The van der Waals surface area contributed by atoms with Crippen molar-refractivity contribution < 1.29 is 23.8 Å². The Morgan fingerprint density at radius 2 is 2.16 bits per heavy atom. The molecule has 0 saturated heterocycles. The number of hydrogen-bond acceptors (Lipinski definition) is 4. The second kappa shape index (κ2) is 7.45. The van der Waals surface area contributed by atoms with Crippen LogP contribution in [-0.2, 0) is 9.53 Å². The number of hydrogen-bond donors (Lipinski definition) is 3. The van der Waals surface area contributed by atoms with E-state index in [2.05, 4.69) is 10.6 Å². The van der Waals surface area contributed by atoms with Gasteiger partial charge < -0.3 is 20.5 Å². The topological polar surface area (TPSA) is 87.7 Å². The fourth-order valence-electron chi connectivity index (χ4n) is 1.39. The van der Waals surface area contributed by atoms with Gasteiger partial charge in [0.2, 0.25) is 5.91 Å². The second-order valence-electron chi connectivity index (χ2n) is 3.69. The van der Waals surface area contributed by atoms with E-state index in [9.17, 15) is 14.0 Å². The number of methoxy groups -OCH3 is 1. The van der Waals surface area contributed by atoms with Gasteiger partial charge in [0.25, 0.3) is 0 Å². The number of carbonyl (C=O) groups excluding carboxylic acids is 1. The summed E-state index contributed by atoms with van der Waals surface area (Å²) in [6.07, 6.45) is 0. The second-order valence-corrected chi connectivity index (χ2v) is 3.69. The van der Waals surface area contributed by atoms with Crippen LogP contribution in [0.15, 0.2) is 18.2 Å². The number of ether oxygens (including phenoxy) is 1. The Balaban J connectivity index is 2.66. The van der Waals surface area contributed by atoms with Crippen LogP contribution in [0.2, 0.25) is 0 Å². The van der Waals surface area contributed by atoms with E-state index >= 15 is 0 Å². The maximum atomic E-state index is 13.5. The zero-order valence-corrected chi connectivity index (χ0v) is 10.4. The molecule has 6 nitrogen and oxygen atoms in total. The van der Waals surface area contributed by atoms with Gasteiger partial charge >= 0.3 is 5.97 Å². The monoisotopic (exact) mass is 270 g/mol. The van der Waals surface area contributed by atoms with Gasteiger partial charge in [0, 0.05) is 13.7 Å². The molecular weight excluding hydrogens is 255 g/mol. The van der Waals surface area contributed by atoms with Crippen LogP contribution in [0.4, 0.5) is 10.1 Å². The van der Waals surface area contributed by atoms with Crippen molar-refractivity contribution >= 4 is 17.6 Å². The summed E-state index contributed by atoms with van der Waals surface area (Å²) in [5.41, 5.74) is -0.612. The number of anilines is 1. The fraction of sp³-hybridized carbons (Fsp3) is 0.333. The van der Waals surface area contributed by atoms with Crippen LogP contribution in [0.3, 0.4) is 0 Å². The minimum Gasteiger partial charge on any atom is -0.478 e. The largest absolute Gasteiger partial charge is 0.478 e. The number of amides is 1. The van der Waals surface area contributed by atoms with Gasteiger partial charge in [-0.05, 0) is 12.1 Å². The van der Waals surface area contributed by atoms with Crippen LogP contribution in [0.5, 0.6) is 0 Å². The fourth-order valence-corrected chi connectivity index (χ4v) is 1.39. The molecule has 19 heavy (non-hydrogen) atoms. The maximum absolute atomic E-state index is 13.5. The lowest BCUT2D eigenvalue weighted by Crippen LogP contribution is -2.31. The normalized spacial score (nSPS) is 10.2. The molecule has 104 valence electrons. The molecule has 0 aliphatic rings. The molecule has 7 heteroatoms. The van der Waals surface area contributed by atoms with Crippen molar-refractivity contribution in [2.45, 2.75) is 0 Å². The first-order valence-corrected chi connectivity index (χ1v) is 5.57. The first-order valence-electron chi connectivity index (χ1n) is 5.57. The van der Waals surface area contributed by atoms with Crippen LogP contribution in [0.25, 0.3) is 0 Å². The number of nitrogens with one attached hydrogen (secondary N) is 2. The summed E-state index contributed by atoms with van der Waals surface area (Å²) >= 11 is 0. The van der Waals surface area contributed by atoms with E-state index in [1.54, 1.807) is 0 Å². The van der Waals surface area contributed by atoms with Crippen molar-refractivity contribution in [2.75, 3.05) is 32.1 Å². The van der Waals surface area contributed by atoms with Gasteiger partial charge in [0.05, 0.1) is 24.4 Å². The highest BCUT2D eigenvalue weighted by Crippen LogP contribution is 2.19. The van der Waals surface area contributed by atoms with E-state index < -0.39 is 17.7 Å². The first-order chi connectivity index (χ1) is 9.06. The van der Waals surface area contributed by atoms with E-state index in [0.717, 1.165) is 6.07 Å². The molecule has 1 amide bonds. The molecule has 1 aromatic carbocycles. The van der Waals surface area contributed by atoms with Crippen LogP contribution in [0.1, 0.15) is 10.4 Å². The Morgan fingerprint density at radius 1 is 1.42 bits per heavy atom. The molecule has 0 saturated carbocycles. The molecule has 1 aromatic rings. The summed E-state index contributed by atoms with van der Waals surface area (Å²) in [5, 5.41) is 13.9. The van der Waals surface area contributed by atoms with Gasteiger partial charge in [0.1, 0.15) is 5.82 Å². The highest BCUT2D eigenvalue weighted by Gasteiger charge is 2.16. The van der Waals surface area contributed by atoms with Crippen LogP contribution in [-0.4, -0.2) is 43.8 Å². The highest BCUT2D eigenvalue weighted by molar-refractivity contribution is 6.01. The van der Waals surface area contributed by atoms with E-state index in [1.807, 2.05) is 0 Å². The number of carboxylic acid groups (broad SMARTS) is 1. The quantitative estimate of drug-likeness (QED) is 0.635. The predicted octanol–water partition coefficient (Wildman–Crippen LogP) is 0.698. The SMILES string of the molecule is COCCNCC(=O)Nc1c(F)cccc1C(=O)O. The summed E-state index contributed by atoms with van der Waals surface area (Å²) in [6.45, 7) is 0.844. The van der Waals surface area contributed by atoms with Crippen LogP contribution >= 0.6 is 0 Å². The van der Waals surface area contributed by atoms with Gasteiger partial charge in [-0.1, -0.05) is 6.07 Å². The highest BCUT2D eigenvalue weighted by atomic mass is 19.1. The summed E-state index contributed by atoms with van der Waals surface area (Å²) < 4.78 is 18.3. The lowest BCUT2D eigenvalue weighted by molar-refractivity contribution is -0.115. The lowest BCUT2D eigenvalue weighted by atomic mass is 10.1. The van der Waals surface area contributed by atoms with Gasteiger partial charge in [-0.25, -0.2) is 9.18 Å². The average Bonchev–Trinajstić information content (AvgIpc) is 2.37. The molecule has 0 spiro atoms. The molecule has 3 N–H and O–H groups in total. The van der Waals surface area contributed by atoms with E-state index in [4.69, 9.17) is 9.84 Å². The average molecular weight is 270 g/mol. The Bertz CT molecular complexity index is 465. The smallest absolute Gasteiger partial charge is 0.337 e. The third-order valence-corrected chi connectivity index (χ3v) is 2.28. The summed E-state index contributed by atoms with van der Waals surface area (Å²) in [4.78, 5) is 22.4. The molecule has 0 unspecified atom stereocenters. The Hall–Kier alpha value is -1.99. The standard InChI is InChI=1S/C12H15FN2O4/c1-19-6-5-14-7-10(16)15-11-8(12(17)18)3-2-4-9(11)13/h2-4,14H,5-7H2,1H3,(H,15,16)(H,17,18). The zero-order valence-electron chi connectivity index (χ0n) is 10.4. The van der Waals surface area contributed by atoms with Crippen molar-refractivity contribution in [2.24, 2.45) is 0 Å². The molecule has 0 aromatic heterocycles. The molecule has 0 bridgehead atoms. The predicted molar refractivity (Wildman–Crippen MR) is 66.7 cm³/mol. The molecule has 0 aliphatic carbocycles. The van der Waals surface area contributed by atoms with Crippen LogP contribution < -0.4 is 10.6 Å². The van der Waals surface area contributed by atoms with Crippen molar-refractivity contribution in [1.82, 2.24) is 5.32 Å². The molecule has 0 heterocycles. The van der Waals surface area contributed by atoms with E-state index in [0.29, 0.717) is 13.2 Å². The van der Waals surface area contributed by atoms with Gasteiger partial charge in [-0.3, -0.25) is 4.79 Å². The Morgan fingerprint density at radius 3 is 2.79 bits per heavy atom. The summed E-state index contributed by atoms with van der Waals surface area (Å²) in [5.74, 6) is -2.61. The number of para-hydroxylation sites is 1. The molecular formula is C12H15FN2O4. The molecule has 0 atom stereocenters. The molecule has 0 fully saturated rings. The van der Waals surface area contributed by atoms with Crippen molar-refractivity contribution in [3.05, 3.63) is 29.6 Å². The van der Waals surface area contributed by atoms with E-state index in [1.165, 1.54) is 19.2 Å². The van der Waals surface area contributed by atoms with Gasteiger partial charge in [-0.15, -0.1) is 0 Å². The minimum absolute atomic E-state index is 0.0588. The number of carboxylic acids is 1. The zero-order chi connectivity index (χ0) is 14.3. The Kier molecular flexibility index (Phi) is 5.91. The number of aromatic carboxylic acids is 1. The third-order valence-electron chi connectivity index (χ3n) is 2.28. The summed E-state index contributed by atoms with van der Waals surface area (Å²) in [6, 6.07) is 3.57. The molecule has 0 aliphatic heterocycles. The maximum Gasteiger partial charge on any atom is 0.337 e. The third kappa shape index (κ3) is 4.65. The molecule has 1 rings (SSSR count). The van der Waals surface area contributed by atoms with Crippen LogP contribution in [0, 0.1) is 5.82 Å².